The molecule has 0 N–H and O–H groups in total. The zero-order valence-electron chi connectivity index (χ0n) is 17.6. The molecule has 0 unspecified atom stereocenters. The Balaban J connectivity index is 2.68. The van der Waals surface area contributed by atoms with E-state index >= 15 is 0 Å². The third-order valence-electron chi connectivity index (χ3n) is 5.00. The lowest BCUT2D eigenvalue weighted by Gasteiger charge is -2.40. The standard InChI is InChI=1S/C21H35IO3Si/c1-16(14-24-15-18-9-11-19(23-6)12-10-18)20(13-17(2)22)25-26(7,8)21(3,4)5/h9-13,16,20H,14-15H2,1-8H3/b17-13+/t16-,20+/m0/s1. The molecule has 1 aromatic rings. The summed E-state index contributed by atoms with van der Waals surface area (Å²) in [5.41, 5.74) is 1.15. The molecule has 0 fully saturated rings. The van der Waals surface area contributed by atoms with Crippen molar-refractivity contribution in [2.75, 3.05) is 13.7 Å². The van der Waals surface area contributed by atoms with E-state index in [4.69, 9.17) is 13.9 Å². The predicted octanol–water partition coefficient (Wildman–Crippen LogP) is 6.58. The van der Waals surface area contributed by atoms with Crippen molar-refractivity contribution in [1.82, 2.24) is 0 Å². The van der Waals surface area contributed by atoms with Gasteiger partial charge in [-0.3, -0.25) is 0 Å². The minimum absolute atomic E-state index is 0.0867. The van der Waals surface area contributed by atoms with Gasteiger partial charge in [0.25, 0.3) is 0 Å². The first-order valence-electron chi connectivity index (χ1n) is 9.18. The Morgan fingerprint density at radius 1 is 1.19 bits per heavy atom. The van der Waals surface area contributed by atoms with Crippen LogP contribution >= 0.6 is 22.6 Å². The van der Waals surface area contributed by atoms with Gasteiger partial charge in [0, 0.05) is 5.92 Å². The van der Waals surface area contributed by atoms with Crippen molar-refractivity contribution in [2.24, 2.45) is 5.92 Å². The van der Waals surface area contributed by atoms with Crippen molar-refractivity contribution in [3.05, 3.63) is 39.5 Å². The van der Waals surface area contributed by atoms with Crippen LogP contribution in [0.3, 0.4) is 0 Å². The summed E-state index contributed by atoms with van der Waals surface area (Å²) in [7, 11) is -0.150. The van der Waals surface area contributed by atoms with Crippen molar-refractivity contribution in [3.8, 4) is 5.75 Å². The van der Waals surface area contributed by atoms with Gasteiger partial charge in [0.2, 0.25) is 0 Å². The van der Waals surface area contributed by atoms with Gasteiger partial charge in [0.1, 0.15) is 5.75 Å². The van der Waals surface area contributed by atoms with Crippen LogP contribution in [0, 0.1) is 5.92 Å². The Kier molecular flexibility index (Phi) is 9.33. The van der Waals surface area contributed by atoms with Gasteiger partial charge in [-0.1, -0.05) is 39.8 Å². The normalized spacial score (nSPS) is 15.7. The van der Waals surface area contributed by atoms with Crippen LogP contribution < -0.4 is 4.74 Å². The molecule has 0 aliphatic carbocycles. The quantitative estimate of drug-likeness (QED) is 0.289. The maximum Gasteiger partial charge on any atom is 0.192 e. The fourth-order valence-corrected chi connectivity index (χ4v) is 3.93. The van der Waals surface area contributed by atoms with Gasteiger partial charge in [0.05, 0.1) is 26.4 Å². The first-order chi connectivity index (χ1) is 12.0. The smallest absolute Gasteiger partial charge is 0.192 e. The fraction of sp³-hybridized carbons (Fsp3) is 0.619. The van der Waals surface area contributed by atoms with Crippen molar-refractivity contribution in [3.63, 3.8) is 0 Å². The molecule has 0 bridgehead atoms. The average molecular weight is 490 g/mol. The zero-order valence-corrected chi connectivity index (χ0v) is 20.7. The molecule has 0 heterocycles. The van der Waals surface area contributed by atoms with Crippen LogP contribution in [0.1, 0.15) is 40.2 Å². The molecule has 3 nitrogen and oxygen atoms in total. The van der Waals surface area contributed by atoms with E-state index in [0.717, 1.165) is 11.3 Å². The largest absolute Gasteiger partial charge is 0.497 e. The minimum Gasteiger partial charge on any atom is -0.497 e. The van der Waals surface area contributed by atoms with Crippen LogP contribution in [0.15, 0.2) is 33.9 Å². The minimum atomic E-state index is -1.83. The van der Waals surface area contributed by atoms with Gasteiger partial charge in [-0.2, -0.15) is 0 Å². The summed E-state index contributed by atoms with van der Waals surface area (Å²) in [4.78, 5) is 0. The fourth-order valence-electron chi connectivity index (χ4n) is 2.24. The summed E-state index contributed by atoms with van der Waals surface area (Å²) in [5.74, 6) is 1.17. The highest BCUT2D eigenvalue weighted by Crippen LogP contribution is 2.38. The highest BCUT2D eigenvalue weighted by atomic mass is 127. The maximum atomic E-state index is 6.67. The van der Waals surface area contributed by atoms with E-state index in [2.05, 4.69) is 76.4 Å². The van der Waals surface area contributed by atoms with Crippen LogP contribution in [-0.2, 0) is 15.8 Å². The Hall–Kier alpha value is -0.373. The summed E-state index contributed by atoms with van der Waals surface area (Å²) in [6, 6.07) is 8.02. The Bertz CT molecular complexity index is 572. The van der Waals surface area contributed by atoms with Gasteiger partial charge in [-0.25, -0.2) is 0 Å². The van der Waals surface area contributed by atoms with Gasteiger partial charge < -0.3 is 13.9 Å². The Morgan fingerprint density at radius 3 is 2.23 bits per heavy atom. The van der Waals surface area contributed by atoms with Crippen LogP contribution in [0.2, 0.25) is 18.1 Å². The molecular formula is C21H35IO3Si. The zero-order chi connectivity index (χ0) is 20.0. The average Bonchev–Trinajstić information content (AvgIpc) is 2.53. The topological polar surface area (TPSA) is 27.7 Å². The van der Waals surface area contributed by atoms with Crippen LogP contribution in [-0.4, -0.2) is 28.1 Å². The maximum absolute atomic E-state index is 6.67. The van der Waals surface area contributed by atoms with E-state index in [1.54, 1.807) is 7.11 Å². The molecule has 0 spiro atoms. The van der Waals surface area contributed by atoms with E-state index in [9.17, 15) is 0 Å². The lowest BCUT2D eigenvalue weighted by Crippen LogP contribution is -2.45. The second-order valence-corrected chi connectivity index (χ2v) is 14.9. The molecule has 0 aliphatic heterocycles. The SMILES string of the molecule is COc1ccc(COC[C@H](C)[C@@H](/C=C(\C)I)O[Si](C)(C)C(C)(C)C)cc1. The number of halogens is 1. The van der Waals surface area contributed by atoms with E-state index < -0.39 is 8.32 Å². The number of hydrogen-bond donors (Lipinski definition) is 0. The summed E-state index contributed by atoms with van der Waals surface area (Å²) < 4.78 is 19.1. The number of hydrogen-bond acceptors (Lipinski definition) is 3. The molecule has 1 aromatic carbocycles. The molecule has 0 saturated carbocycles. The number of ether oxygens (including phenoxy) is 2. The lowest BCUT2D eigenvalue weighted by molar-refractivity contribution is 0.0508. The molecule has 5 heteroatoms. The lowest BCUT2D eigenvalue weighted by atomic mass is 10.1. The van der Waals surface area contributed by atoms with E-state index in [0.29, 0.717) is 19.1 Å². The molecule has 2 atom stereocenters. The first kappa shape index (κ1) is 23.7. The van der Waals surface area contributed by atoms with Crippen molar-refractivity contribution < 1.29 is 13.9 Å². The summed E-state index contributed by atoms with van der Waals surface area (Å²) >= 11 is 2.36. The van der Waals surface area contributed by atoms with Crippen LogP contribution in [0.5, 0.6) is 5.75 Å². The summed E-state index contributed by atoms with van der Waals surface area (Å²) in [5, 5.41) is 0.196. The summed E-state index contributed by atoms with van der Waals surface area (Å²) in [6.45, 7) is 17.1. The van der Waals surface area contributed by atoms with Gasteiger partial charge in [0.15, 0.2) is 8.32 Å². The third kappa shape index (κ3) is 7.70. The van der Waals surface area contributed by atoms with E-state index in [-0.39, 0.29) is 11.1 Å². The molecule has 0 aromatic heterocycles. The van der Waals surface area contributed by atoms with Crippen LogP contribution in [0.4, 0.5) is 0 Å². The monoisotopic (exact) mass is 490 g/mol. The molecule has 26 heavy (non-hydrogen) atoms. The molecule has 0 radical (unpaired) electrons. The van der Waals surface area contributed by atoms with E-state index in [1.165, 1.54) is 3.58 Å². The Labute approximate surface area is 174 Å². The van der Waals surface area contributed by atoms with Gasteiger partial charge in [-0.05, 0) is 75.0 Å². The third-order valence-corrected chi connectivity index (χ3v) is 9.83. The first-order valence-corrected chi connectivity index (χ1v) is 13.2. The molecule has 0 amide bonds. The molecule has 0 aliphatic rings. The molecular weight excluding hydrogens is 455 g/mol. The number of benzene rings is 1. The number of allylic oxidation sites excluding steroid dienone is 1. The van der Waals surface area contributed by atoms with Crippen molar-refractivity contribution >= 4 is 30.9 Å². The van der Waals surface area contributed by atoms with Gasteiger partial charge in [-0.15, -0.1) is 0 Å². The van der Waals surface area contributed by atoms with E-state index in [1.807, 2.05) is 24.3 Å². The second kappa shape index (κ2) is 10.2. The molecule has 1 rings (SSSR count). The number of methoxy groups -OCH3 is 1. The predicted molar refractivity (Wildman–Crippen MR) is 122 cm³/mol. The van der Waals surface area contributed by atoms with Crippen molar-refractivity contribution in [2.45, 2.75) is 65.5 Å². The molecule has 148 valence electrons. The van der Waals surface area contributed by atoms with Gasteiger partial charge >= 0.3 is 0 Å². The van der Waals surface area contributed by atoms with Crippen molar-refractivity contribution in [1.29, 1.82) is 0 Å². The highest BCUT2D eigenvalue weighted by Gasteiger charge is 2.39. The second-order valence-electron chi connectivity index (χ2n) is 8.44. The Morgan fingerprint density at radius 2 is 1.77 bits per heavy atom. The van der Waals surface area contributed by atoms with Crippen LogP contribution in [0.25, 0.3) is 0 Å². The molecule has 0 saturated heterocycles. The summed E-state index contributed by atoms with van der Waals surface area (Å²) in [6.07, 6.45) is 2.33. The highest BCUT2D eigenvalue weighted by molar-refractivity contribution is 14.1. The number of rotatable bonds is 9.